The van der Waals surface area contributed by atoms with Crippen molar-refractivity contribution in [3.8, 4) is 0 Å². The molecule has 1 aromatic carbocycles. The van der Waals surface area contributed by atoms with Crippen molar-refractivity contribution in [2.45, 2.75) is 27.2 Å². The molecule has 0 aliphatic heterocycles. The van der Waals surface area contributed by atoms with Gasteiger partial charge in [0.15, 0.2) is 0 Å². The molecule has 0 saturated heterocycles. The lowest BCUT2D eigenvalue weighted by atomic mass is 10.2. The van der Waals surface area contributed by atoms with Gasteiger partial charge in [-0.05, 0) is 25.1 Å². The van der Waals surface area contributed by atoms with Gasteiger partial charge in [0.25, 0.3) is 0 Å². The minimum absolute atomic E-state index is 0.379. The molecule has 1 rings (SSSR count). The zero-order chi connectivity index (χ0) is 12.1. The highest BCUT2D eigenvalue weighted by atomic mass is 16.1. The van der Waals surface area contributed by atoms with Crippen LogP contribution in [0.15, 0.2) is 30.3 Å². The summed E-state index contributed by atoms with van der Waals surface area (Å²) in [5.74, 6) is -0.379. The number of carbonyl (C=O) groups excluding carboxylic acids is 1. The molecule has 4 N–H and O–H groups in total. The van der Waals surface area contributed by atoms with Crippen molar-refractivity contribution in [1.29, 1.82) is 0 Å². The quantitative estimate of drug-likeness (QED) is 0.785. The lowest BCUT2D eigenvalue weighted by molar-refractivity contribution is 0.100. The van der Waals surface area contributed by atoms with Crippen molar-refractivity contribution in [2.75, 3.05) is 6.54 Å². The number of benzene rings is 1. The van der Waals surface area contributed by atoms with Gasteiger partial charge in [-0.2, -0.15) is 0 Å². The number of hydrogen-bond donors (Lipinski definition) is 2. The van der Waals surface area contributed by atoms with Crippen LogP contribution in [0.25, 0.3) is 0 Å². The number of amides is 1. The average molecular weight is 210 g/mol. The average Bonchev–Trinajstić information content (AvgIpc) is 2.33. The number of hydrogen-bond acceptors (Lipinski definition) is 2. The van der Waals surface area contributed by atoms with E-state index in [1.807, 2.05) is 19.9 Å². The first-order valence-corrected chi connectivity index (χ1v) is 5.27. The van der Waals surface area contributed by atoms with Crippen molar-refractivity contribution in [1.82, 2.24) is 0 Å². The predicted octanol–water partition coefficient (Wildman–Crippen LogP) is 2.17. The smallest absolute Gasteiger partial charge is 0.248 e. The number of rotatable bonds is 2. The van der Waals surface area contributed by atoms with Gasteiger partial charge in [-0.15, -0.1) is 0 Å². The Bertz CT molecular complexity index is 233. The molecule has 0 fully saturated rings. The second-order valence-electron chi connectivity index (χ2n) is 2.52. The molecule has 1 amide bonds. The lowest BCUT2D eigenvalue weighted by Gasteiger charge is -1.89. The Hall–Kier alpha value is -1.35. The first-order chi connectivity index (χ1) is 7.22. The molecule has 3 nitrogen and oxygen atoms in total. The Morgan fingerprint density at radius 2 is 1.60 bits per heavy atom. The fourth-order valence-corrected chi connectivity index (χ4v) is 0.602. The molecule has 0 unspecified atom stereocenters. The summed E-state index contributed by atoms with van der Waals surface area (Å²) in [6, 6.07) is 8.76. The number of primary amides is 1. The highest BCUT2D eigenvalue weighted by Crippen LogP contribution is 1.94. The van der Waals surface area contributed by atoms with Crippen LogP contribution in [0.1, 0.15) is 37.6 Å². The molecule has 0 spiro atoms. The summed E-state index contributed by atoms with van der Waals surface area (Å²) in [7, 11) is 0. The Balaban J connectivity index is 0. The van der Waals surface area contributed by atoms with Gasteiger partial charge in [-0.25, -0.2) is 0 Å². The maximum absolute atomic E-state index is 10.4. The zero-order valence-electron chi connectivity index (χ0n) is 9.86. The highest BCUT2D eigenvalue weighted by Gasteiger charge is 1.93. The van der Waals surface area contributed by atoms with E-state index >= 15 is 0 Å². The molecule has 86 valence electrons. The second-order valence-corrected chi connectivity index (χ2v) is 2.52. The standard InChI is InChI=1S/C7H7NO.C3H9N.C2H6/c8-7(9)6-4-2-1-3-5-6;1-2-3-4;1-2/h1-5H,(H2,8,9);2-4H2,1H3;1-2H3. The lowest BCUT2D eigenvalue weighted by Crippen LogP contribution is -2.09. The van der Waals surface area contributed by atoms with Crippen molar-refractivity contribution in [3.05, 3.63) is 35.9 Å². The van der Waals surface area contributed by atoms with Crippen molar-refractivity contribution < 1.29 is 4.79 Å². The number of nitrogens with two attached hydrogens (primary N) is 2. The van der Waals surface area contributed by atoms with Crippen LogP contribution in [-0.2, 0) is 0 Å². The van der Waals surface area contributed by atoms with Crippen LogP contribution >= 0.6 is 0 Å². The van der Waals surface area contributed by atoms with Crippen LogP contribution in [0.5, 0.6) is 0 Å². The summed E-state index contributed by atoms with van der Waals surface area (Å²) in [5.41, 5.74) is 10.6. The topological polar surface area (TPSA) is 69.1 Å². The van der Waals surface area contributed by atoms with E-state index in [1.54, 1.807) is 24.3 Å². The van der Waals surface area contributed by atoms with Crippen molar-refractivity contribution in [3.63, 3.8) is 0 Å². The van der Waals surface area contributed by atoms with E-state index < -0.39 is 0 Å². The SMILES string of the molecule is CC.CCCN.NC(=O)c1ccccc1. The second kappa shape index (κ2) is 12.7. The van der Waals surface area contributed by atoms with Gasteiger partial charge in [0.05, 0.1) is 0 Å². The third-order valence-electron chi connectivity index (χ3n) is 1.35. The molecule has 15 heavy (non-hydrogen) atoms. The molecule has 0 saturated carbocycles. The van der Waals surface area contributed by atoms with Crippen LogP contribution in [0.3, 0.4) is 0 Å². The van der Waals surface area contributed by atoms with Gasteiger partial charge >= 0.3 is 0 Å². The van der Waals surface area contributed by atoms with E-state index in [0.29, 0.717) is 5.56 Å². The summed E-state index contributed by atoms with van der Waals surface area (Å²) in [4.78, 5) is 10.4. The monoisotopic (exact) mass is 210 g/mol. The summed E-state index contributed by atoms with van der Waals surface area (Å²) >= 11 is 0. The highest BCUT2D eigenvalue weighted by molar-refractivity contribution is 5.92. The Morgan fingerprint density at radius 3 is 1.80 bits per heavy atom. The molecule has 0 aliphatic rings. The molecular formula is C12H22N2O. The Labute approximate surface area is 92.5 Å². The summed E-state index contributed by atoms with van der Waals surface area (Å²) in [5, 5.41) is 0. The minimum atomic E-state index is -0.379. The molecule has 0 heterocycles. The first kappa shape index (κ1) is 16.1. The fourth-order valence-electron chi connectivity index (χ4n) is 0.602. The third-order valence-corrected chi connectivity index (χ3v) is 1.35. The first-order valence-electron chi connectivity index (χ1n) is 5.27. The fraction of sp³-hybridized carbons (Fsp3) is 0.417. The van der Waals surface area contributed by atoms with Gasteiger partial charge in [0.2, 0.25) is 5.91 Å². The molecule has 1 aromatic rings. The van der Waals surface area contributed by atoms with Gasteiger partial charge in [-0.1, -0.05) is 39.0 Å². The zero-order valence-corrected chi connectivity index (χ0v) is 9.86. The van der Waals surface area contributed by atoms with Gasteiger partial charge in [0, 0.05) is 5.56 Å². The molecule has 3 heteroatoms. The van der Waals surface area contributed by atoms with Crippen LogP contribution in [0.2, 0.25) is 0 Å². The van der Waals surface area contributed by atoms with Gasteiger partial charge in [0.1, 0.15) is 0 Å². The molecule has 0 atom stereocenters. The van der Waals surface area contributed by atoms with Crippen LogP contribution in [-0.4, -0.2) is 12.5 Å². The van der Waals surface area contributed by atoms with E-state index in [4.69, 9.17) is 11.5 Å². The molecule has 0 aliphatic carbocycles. The van der Waals surface area contributed by atoms with Crippen LogP contribution < -0.4 is 11.5 Å². The van der Waals surface area contributed by atoms with Gasteiger partial charge in [-0.3, -0.25) is 4.79 Å². The molecule has 0 bridgehead atoms. The van der Waals surface area contributed by atoms with E-state index in [1.165, 1.54) is 0 Å². The van der Waals surface area contributed by atoms with E-state index in [2.05, 4.69) is 6.92 Å². The largest absolute Gasteiger partial charge is 0.366 e. The van der Waals surface area contributed by atoms with E-state index in [0.717, 1.165) is 13.0 Å². The third kappa shape index (κ3) is 10.6. The van der Waals surface area contributed by atoms with E-state index in [-0.39, 0.29) is 5.91 Å². The van der Waals surface area contributed by atoms with Crippen molar-refractivity contribution >= 4 is 5.91 Å². The van der Waals surface area contributed by atoms with Crippen molar-refractivity contribution in [2.24, 2.45) is 11.5 Å². The number of carbonyl (C=O) groups is 1. The van der Waals surface area contributed by atoms with Crippen LogP contribution in [0, 0.1) is 0 Å². The van der Waals surface area contributed by atoms with Gasteiger partial charge < -0.3 is 11.5 Å². The van der Waals surface area contributed by atoms with Crippen LogP contribution in [0.4, 0.5) is 0 Å². The Morgan fingerprint density at radius 1 is 1.20 bits per heavy atom. The summed E-state index contributed by atoms with van der Waals surface area (Å²) in [6.45, 7) is 6.88. The summed E-state index contributed by atoms with van der Waals surface area (Å²) < 4.78 is 0. The molecular weight excluding hydrogens is 188 g/mol. The molecule has 0 radical (unpaired) electrons. The normalized spacial score (nSPS) is 7.73. The van der Waals surface area contributed by atoms with E-state index in [9.17, 15) is 4.79 Å². The molecule has 0 aromatic heterocycles. The Kier molecular flexibility index (Phi) is 13.6. The maximum atomic E-state index is 10.4. The predicted molar refractivity (Wildman–Crippen MR) is 65.7 cm³/mol. The minimum Gasteiger partial charge on any atom is -0.366 e. The maximum Gasteiger partial charge on any atom is 0.248 e. The summed E-state index contributed by atoms with van der Waals surface area (Å²) in [6.07, 6.45) is 1.10.